The number of benzene rings is 2. The predicted molar refractivity (Wildman–Crippen MR) is 125 cm³/mol. The van der Waals surface area contributed by atoms with E-state index in [2.05, 4.69) is 26.1 Å². The highest BCUT2D eigenvalue weighted by Crippen LogP contribution is 2.27. The Morgan fingerprint density at radius 2 is 1.61 bits per heavy atom. The second-order valence-electron chi connectivity index (χ2n) is 9.16. The summed E-state index contributed by atoms with van der Waals surface area (Å²) >= 11 is 0. The first kappa shape index (κ1) is 23.1. The van der Waals surface area contributed by atoms with E-state index < -0.39 is 15.9 Å². The molecule has 1 aliphatic rings. The third-order valence-corrected chi connectivity index (χ3v) is 6.59. The zero-order valence-electron chi connectivity index (χ0n) is 18.7. The van der Waals surface area contributed by atoms with E-state index in [1.54, 1.807) is 24.3 Å². The van der Waals surface area contributed by atoms with Gasteiger partial charge in [-0.3, -0.25) is 9.10 Å². The zero-order chi connectivity index (χ0) is 22.6. The Morgan fingerprint density at radius 1 is 1.03 bits per heavy atom. The van der Waals surface area contributed by atoms with Crippen LogP contribution in [0, 0.1) is 0 Å². The number of hydrogen-bond donors (Lipinski definition) is 1. The van der Waals surface area contributed by atoms with Crippen molar-refractivity contribution in [3.8, 4) is 5.75 Å². The minimum atomic E-state index is -3.62. The monoisotopic (exact) mass is 444 g/mol. The minimum absolute atomic E-state index is 0.0422. The second kappa shape index (κ2) is 9.30. The second-order valence-corrected chi connectivity index (χ2v) is 11.1. The highest BCUT2D eigenvalue weighted by Gasteiger charge is 2.22. The molecule has 0 unspecified atom stereocenters. The summed E-state index contributed by atoms with van der Waals surface area (Å²) in [5.74, 6) is 0.372. The first-order valence-corrected chi connectivity index (χ1v) is 12.5. The van der Waals surface area contributed by atoms with Crippen LogP contribution >= 0.6 is 0 Å². The summed E-state index contributed by atoms with van der Waals surface area (Å²) in [5.41, 5.74) is 2.11. The predicted octanol–water partition coefficient (Wildman–Crippen LogP) is 4.71. The topological polar surface area (TPSA) is 75.7 Å². The van der Waals surface area contributed by atoms with E-state index in [-0.39, 0.29) is 18.1 Å². The molecule has 6 nitrogen and oxygen atoms in total. The van der Waals surface area contributed by atoms with Crippen LogP contribution in [0.3, 0.4) is 0 Å². The maximum Gasteiger partial charge on any atom is 0.245 e. The zero-order valence-corrected chi connectivity index (χ0v) is 19.5. The maximum absolute atomic E-state index is 12.6. The van der Waals surface area contributed by atoms with Gasteiger partial charge in [0.05, 0.1) is 18.0 Å². The number of sulfonamides is 1. The Morgan fingerprint density at radius 3 is 2.13 bits per heavy atom. The number of hydrogen-bond acceptors (Lipinski definition) is 4. The molecule has 1 amide bonds. The quantitative estimate of drug-likeness (QED) is 0.671. The van der Waals surface area contributed by atoms with Gasteiger partial charge in [-0.1, -0.05) is 32.9 Å². The molecule has 0 spiro atoms. The van der Waals surface area contributed by atoms with Crippen molar-refractivity contribution in [2.24, 2.45) is 0 Å². The van der Waals surface area contributed by atoms with Gasteiger partial charge in [-0.2, -0.15) is 0 Å². The number of amides is 1. The van der Waals surface area contributed by atoms with Gasteiger partial charge in [0, 0.05) is 5.69 Å². The average molecular weight is 445 g/mol. The van der Waals surface area contributed by atoms with Crippen molar-refractivity contribution in [3.05, 3.63) is 54.1 Å². The SMILES string of the molecule is CC(C)(C)c1ccc(N(CC(=O)Nc2ccc(OC3CCCC3)cc2)S(C)(=O)=O)cc1. The highest BCUT2D eigenvalue weighted by molar-refractivity contribution is 7.92. The number of carbonyl (C=O) groups is 1. The maximum atomic E-state index is 12.6. The van der Waals surface area contributed by atoms with Crippen molar-refractivity contribution in [3.63, 3.8) is 0 Å². The van der Waals surface area contributed by atoms with Crippen LogP contribution in [0.15, 0.2) is 48.5 Å². The summed E-state index contributed by atoms with van der Waals surface area (Å²) in [6, 6.07) is 14.5. The summed E-state index contributed by atoms with van der Waals surface area (Å²) in [7, 11) is -3.62. The van der Waals surface area contributed by atoms with Gasteiger partial charge in [0.15, 0.2) is 0 Å². The van der Waals surface area contributed by atoms with Crippen molar-refractivity contribution in [1.82, 2.24) is 0 Å². The normalized spacial score (nSPS) is 15.0. The average Bonchev–Trinajstić information content (AvgIpc) is 3.19. The van der Waals surface area contributed by atoms with Gasteiger partial charge in [0.1, 0.15) is 12.3 Å². The molecular formula is C24H32N2O4S. The molecule has 0 bridgehead atoms. The largest absolute Gasteiger partial charge is 0.490 e. The summed E-state index contributed by atoms with van der Waals surface area (Å²) in [6.45, 7) is 5.98. The number of ether oxygens (including phenoxy) is 1. The lowest BCUT2D eigenvalue weighted by Crippen LogP contribution is -2.37. The molecule has 1 fully saturated rings. The van der Waals surface area contributed by atoms with E-state index in [0.29, 0.717) is 11.4 Å². The van der Waals surface area contributed by atoms with Crippen molar-refractivity contribution in [1.29, 1.82) is 0 Å². The first-order valence-electron chi connectivity index (χ1n) is 10.7. The van der Waals surface area contributed by atoms with Gasteiger partial charge < -0.3 is 10.1 Å². The molecule has 0 saturated heterocycles. The number of carbonyl (C=O) groups excluding carboxylic acids is 1. The number of rotatable bonds is 7. The Bertz CT molecular complexity index is 987. The fourth-order valence-electron chi connectivity index (χ4n) is 3.67. The van der Waals surface area contributed by atoms with Gasteiger partial charge in [0.2, 0.25) is 15.9 Å². The van der Waals surface area contributed by atoms with E-state index in [1.807, 2.05) is 24.3 Å². The molecular weight excluding hydrogens is 412 g/mol. The third-order valence-electron chi connectivity index (χ3n) is 5.45. The Hall–Kier alpha value is -2.54. The highest BCUT2D eigenvalue weighted by atomic mass is 32.2. The van der Waals surface area contributed by atoms with E-state index in [9.17, 15) is 13.2 Å². The fourth-order valence-corrected chi connectivity index (χ4v) is 4.53. The molecule has 3 rings (SSSR count). The van der Waals surface area contributed by atoms with Crippen LogP contribution in [-0.4, -0.2) is 33.2 Å². The van der Waals surface area contributed by atoms with E-state index in [0.717, 1.165) is 34.7 Å². The molecule has 168 valence electrons. The van der Waals surface area contributed by atoms with Crippen LogP contribution < -0.4 is 14.4 Å². The summed E-state index contributed by atoms with van der Waals surface area (Å²) in [4.78, 5) is 12.6. The van der Waals surface area contributed by atoms with Crippen molar-refractivity contribution >= 4 is 27.3 Å². The molecule has 7 heteroatoms. The first-order chi connectivity index (χ1) is 14.5. The van der Waals surface area contributed by atoms with Crippen LogP contribution in [0.25, 0.3) is 0 Å². The molecule has 0 heterocycles. The van der Waals surface area contributed by atoms with Gasteiger partial charge in [-0.25, -0.2) is 8.42 Å². The van der Waals surface area contributed by atoms with Gasteiger partial charge in [0.25, 0.3) is 0 Å². The molecule has 1 N–H and O–H groups in total. The molecule has 1 saturated carbocycles. The van der Waals surface area contributed by atoms with Crippen molar-refractivity contribution < 1.29 is 17.9 Å². The number of nitrogens with one attached hydrogen (secondary N) is 1. The number of nitrogens with zero attached hydrogens (tertiary/aromatic N) is 1. The summed E-state index contributed by atoms with van der Waals surface area (Å²) in [6.07, 6.45) is 5.94. The molecule has 2 aromatic carbocycles. The van der Waals surface area contributed by atoms with Crippen LogP contribution in [-0.2, 0) is 20.2 Å². The summed E-state index contributed by atoms with van der Waals surface area (Å²) in [5, 5.41) is 2.77. The molecule has 0 radical (unpaired) electrons. The van der Waals surface area contributed by atoms with Crippen LogP contribution in [0.2, 0.25) is 0 Å². The van der Waals surface area contributed by atoms with E-state index in [4.69, 9.17) is 4.74 Å². The standard InChI is InChI=1S/C24H32N2O4S/c1-24(2,3)18-9-13-20(14-10-18)26(31(4,28)29)17-23(27)25-19-11-15-22(16-12-19)30-21-7-5-6-8-21/h9-16,21H,5-8,17H2,1-4H3,(H,25,27). The Labute approximate surface area is 185 Å². The Kier molecular flexibility index (Phi) is 6.94. The molecule has 0 aromatic heterocycles. The van der Waals surface area contributed by atoms with Crippen LogP contribution in [0.5, 0.6) is 5.75 Å². The van der Waals surface area contributed by atoms with Crippen LogP contribution in [0.4, 0.5) is 11.4 Å². The summed E-state index contributed by atoms with van der Waals surface area (Å²) < 4.78 is 31.7. The van der Waals surface area contributed by atoms with Gasteiger partial charge in [-0.15, -0.1) is 0 Å². The van der Waals surface area contributed by atoms with Gasteiger partial charge >= 0.3 is 0 Å². The third kappa shape index (κ3) is 6.47. The fraction of sp³-hybridized carbons (Fsp3) is 0.458. The minimum Gasteiger partial charge on any atom is -0.490 e. The molecule has 0 atom stereocenters. The Balaban J connectivity index is 1.65. The van der Waals surface area contributed by atoms with E-state index in [1.165, 1.54) is 12.8 Å². The lowest BCUT2D eigenvalue weighted by Gasteiger charge is -2.24. The van der Waals surface area contributed by atoms with Crippen molar-refractivity contribution in [2.45, 2.75) is 58.0 Å². The van der Waals surface area contributed by atoms with Crippen molar-refractivity contribution in [2.75, 3.05) is 22.4 Å². The molecule has 1 aliphatic carbocycles. The van der Waals surface area contributed by atoms with E-state index >= 15 is 0 Å². The molecule has 31 heavy (non-hydrogen) atoms. The van der Waals surface area contributed by atoms with Gasteiger partial charge in [-0.05, 0) is 73.1 Å². The molecule has 2 aromatic rings. The van der Waals surface area contributed by atoms with Crippen LogP contribution in [0.1, 0.15) is 52.0 Å². The molecule has 0 aliphatic heterocycles. The smallest absolute Gasteiger partial charge is 0.245 e. The lowest BCUT2D eigenvalue weighted by atomic mass is 9.87. The lowest BCUT2D eigenvalue weighted by molar-refractivity contribution is -0.114. The number of anilines is 2.